The molecule has 1 saturated heterocycles. The van der Waals surface area contributed by atoms with Crippen molar-refractivity contribution in [3.8, 4) is 0 Å². The number of esters is 1. The van der Waals surface area contributed by atoms with Crippen LogP contribution < -0.4 is 0 Å². The first-order valence-electron chi connectivity index (χ1n) is 8.54. The van der Waals surface area contributed by atoms with Crippen LogP contribution in [0.4, 0.5) is 0 Å². The molecular formula is C17H31O5U-. The van der Waals surface area contributed by atoms with Crippen LogP contribution in [0.5, 0.6) is 0 Å². The molecule has 1 aliphatic rings. The molecule has 1 aliphatic heterocycles. The van der Waals surface area contributed by atoms with Gasteiger partial charge in [-0.2, -0.15) is 6.61 Å². The molecule has 6 heteroatoms. The third kappa shape index (κ3) is 10.1. The summed E-state index contributed by atoms with van der Waals surface area (Å²) in [5, 5.41) is 0. The van der Waals surface area contributed by atoms with Gasteiger partial charge in [-0.3, -0.25) is 4.79 Å². The summed E-state index contributed by atoms with van der Waals surface area (Å²) in [6, 6.07) is 0. The molecule has 1 heterocycles. The Labute approximate surface area is 164 Å². The van der Waals surface area contributed by atoms with Gasteiger partial charge in [-0.1, -0.05) is 46.0 Å². The summed E-state index contributed by atoms with van der Waals surface area (Å²) in [4.78, 5) is 11.1. The first-order chi connectivity index (χ1) is 10.7. The molecular weight excluding hydrogens is 522 g/mol. The minimum atomic E-state index is -0.444. The molecule has 0 saturated carbocycles. The molecule has 0 aromatic rings. The van der Waals surface area contributed by atoms with Gasteiger partial charge in [-0.15, -0.1) is 0 Å². The van der Waals surface area contributed by atoms with E-state index in [0.29, 0.717) is 6.61 Å². The van der Waals surface area contributed by atoms with E-state index in [4.69, 9.17) is 18.9 Å². The van der Waals surface area contributed by atoms with E-state index in [1.165, 1.54) is 39.0 Å². The zero-order valence-electron chi connectivity index (χ0n) is 14.7. The van der Waals surface area contributed by atoms with Crippen LogP contribution in [0.3, 0.4) is 0 Å². The second kappa shape index (κ2) is 14.7. The molecule has 1 rings (SSSR count). The zero-order chi connectivity index (χ0) is 16.2. The Balaban J connectivity index is 0.00000484. The fourth-order valence-electron chi connectivity index (χ4n) is 2.53. The summed E-state index contributed by atoms with van der Waals surface area (Å²) in [5.74, 6) is -0.330. The maximum atomic E-state index is 11.1. The maximum absolute atomic E-state index is 11.1. The number of hydrogen-bond acceptors (Lipinski definition) is 5. The predicted octanol–water partition coefficient (Wildman–Crippen LogP) is 3.61. The maximum Gasteiger partial charge on any atom is 0.300 e. The number of ether oxygens (including phenoxy) is 4. The predicted molar refractivity (Wildman–Crippen MR) is 84.1 cm³/mol. The molecule has 3 atom stereocenters. The molecule has 0 N–H and O–H groups in total. The Morgan fingerprint density at radius 1 is 1.13 bits per heavy atom. The van der Waals surface area contributed by atoms with Crippen molar-refractivity contribution in [2.24, 2.45) is 0 Å². The summed E-state index contributed by atoms with van der Waals surface area (Å²) in [7, 11) is 0. The van der Waals surface area contributed by atoms with Gasteiger partial charge in [0.2, 0.25) is 0 Å². The molecule has 1 unspecified atom stereocenters. The van der Waals surface area contributed by atoms with E-state index in [0.717, 1.165) is 12.8 Å². The van der Waals surface area contributed by atoms with E-state index in [9.17, 15) is 4.79 Å². The van der Waals surface area contributed by atoms with E-state index in [1.807, 2.05) is 6.92 Å². The quantitative estimate of drug-likeness (QED) is 0.160. The van der Waals surface area contributed by atoms with Crippen molar-refractivity contribution in [1.29, 1.82) is 0 Å². The van der Waals surface area contributed by atoms with E-state index in [1.54, 1.807) is 6.61 Å². The molecule has 1 fully saturated rings. The summed E-state index contributed by atoms with van der Waals surface area (Å²) in [5.41, 5.74) is 0. The van der Waals surface area contributed by atoms with Crippen LogP contribution in [-0.2, 0) is 23.7 Å². The molecule has 0 spiro atoms. The van der Waals surface area contributed by atoms with E-state index in [2.05, 4.69) is 6.92 Å². The molecule has 0 aliphatic carbocycles. The summed E-state index contributed by atoms with van der Waals surface area (Å²) < 4.78 is 21.9. The van der Waals surface area contributed by atoms with Gasteiger partial charge in [-0.05, 0) is 12.8 Å². The van der Waals surface area contributed by atoms with Crippen LogP contribution in [0, 0.1) is 37.7 Å². The normalized spacial score (nSPS) is 23.5. The van der Waals surface area contributed by atoms with Gasteiger partial charge in [0, 0.05) is 50.7 Å². The number of carbonyl (C=O) groups excluding carboxylic acids is 1. The van der Waals surface area contributed by atoms with Gasteiger partial charge < -0.3 is 18.9 Å². The SMILES string of the molecule is CCCCCCCCOCO[C@@H]1C(OC(C)=O)[CH-]O[C@@H]1CC.[U]. The number of unbranched alkanes of at least 4 members (excludes halogenated alkanes) is 5. The van der Waals surface area contributed by atoms with Crippen molar-refractivity contribution in [3.63, 3.8) is 0 Å². The summed E-state index contributed by atoms with van der Waals surface area (Å²) >= 11 is 0. The monoisotopic (exact) mass is 553 g/mol. The molecule has 23 heavy (non-hydrogen) atoms. The minimum Gasteiger partial charge on any atom is -0.544 e. The Morgan fingerprint density at radius 3 is 2.48 bits per heavy atom. The average Bonchev–Trinajstić information content (AvgIpc) is 2.87. The molecule has 134 valence electrons. The third-order valence-corrected chi connectivity index (χ3v) is 3.77. The molecule has 5 nitrogen and oxygen atoms in total. The van der Waals surface area contributed by atoms with Crippen LogP contribution in [-0.4, -0.2) is 37.7 Å². The number of rotatable bonds is 12. The molecule has 0 radical (unpaired) electrons. The van der Waals surface area contributed by atoms with Crippen molar-refractivity contribution in [1.82, 2.24) is 0 Å². The summed E-state index contributed by atoms with van der Waals surface area (Å²) in [6.07, 6.45) is 7.43. The average molecular weight is 553 g/mol. The van der Waals surface area contributed by atoms with Crippen molar-refractivity contribution in [2.45, 2.75) is 84.0 Å². The van der Waals surface area contributed by atoms with Crippen LogP contribution in [0.2, 0.25) is 0 Å². The van der Waals surface area contributed by atoms with Crippen LogP contribution >= 0.6 is 0 Å². The van der Waals surface area contributed by atoms with Crippen LogP contribution in [0.15, 0.2) is 0 Å². The topological polar surface area (TPSA) is 54.0 Å². The molecule has 0 bridgehead atoms. The fourth-order valence-corrected chi connectivity index (χ4v) is 2.53. The first-order valence-corrected chi connectivity index (χ1v) is 8.54. The van der Waals surface area contributed by atoms with Gasteiger partial charge in [0.25, 0.3) is 5.97 Å². The Hall–Kier alpha value is 0.402. The standard InChI is InChI=1S/C17H31O5.U/c1-4-6-7-8-9-10-11-19-13-21-17-15(5-2)20-12-16(17)22-14(3)18;/h12,15-17H,4-11,13H2,1-3H3;/q-1;/t15-,16?,17+;/m1./s1. The van der Waals surface area contributed by atoms with E-state index < -0.39 is 6.10 Å². The Bertz CT molecular complexity index is 301. The summed E-state index contributed by atoms with van der Waals surface area (Å²) in [6.45, 7) is 8.09. The smallest absolute Gasteiger partial charge is 0.300 e. The van der Waals surface area contributed by atoms with Crippen molar-refractivity contribution < 1.29 is 54.9 Å². The first kappa shape index (κ1) is 23.4. The van der Waals surface area contributed by atoms with Crippen molar-refractivity contribution in [3.05, 3.63) is 6.61 Å². The molecule has 0 aromatic heterocycles. The number of hydrogen-bond donors (Lipinski definition) is 0. The fraction of sp³-hybridized carbons (Fsp3) is 0.882. The van der Waals surface area contributed by atoms with Gasteiger partial charge in [0.1, 0.15) is 6.79 Å². The minimum absolute atomic E-state index is 0. The van der Waals surface area contributed by atoms with Gasteiger partial charge in [0.05, 0.1) is 12.2 Å². The van der Waals surface area contributed by atoms with Crippen molar-refractivity contribution in [2.75, 3.05) is 13.4 Å². The van der Waals surface area contributed by atoms with Crippen LogP contribution in [0.1, 0.15) is 65.7 Å². The van der Waals surface area contributed by atoms with Gasteiger partial charge >= 0.3 is 0 Å². The Morgan fingerprint density at radius 2 is 1.83 bits per heavy atom. The second-order valence-electron chi connectivity index (χ2n) is 5.72. The number of carbonyl (C=O) groups is 1. The van der Waals surface area contributed by atoms with Crippen LogP contribution in [0.25, 0.3) is 0 Å². The van der Waals surface area contributed by atoms with Crippen molar-refractivity contribution >= 4 is 5.97 Å². The van der Waals surface area contributed by atoms with E-state index >= 15 is 0 Å². The molecule has 0 amide bonds. The molecule has 0 aromatic carbocycles. The second-order valence-corrected chi connectivity index (χ2v) is 5.72. The Kier molecular flexibility index (Phi) is 15.0. The zero-order valence-corrected chi connectivity index (χ0v) is 18.9. The van der Waals surface area contributed by atoms with Gasteiger partial charge in [-0.25, -0.2) is 0 Å². The van der Waals surface area contributed by atoms with E-state index in [-0.39, 0.29) is 56.1 Å². The largest absolute Gasteiger partial charge is 0.544 e. The van der Waals surface area contributed by atoms with Gasteiger partial charge in [0.15, 0.2) is 0 Å². The third-order valence-electron chi connectivity index (χ3n) is 3.77.